The number of carbonyl (C=O) groups excluding carboxylic acids is 3. The molecular weight excluding hydrogens is 524 g/mol. The third kappa shape index (κ3) is 9.80. The number of carbonyl (C=O) groups is 3. The maximum Gasteiger partial charge on any atom is 0.408 e. The van der Waals surface area contributed by atoms with E-state index < -0.39 is 41.6 Å². The maximum absolute atomic E-state index is 13.8. The maximum atomic E-state index is 13.8. The predicted molar refractivity (Wildman–Crippen MR) is 153 cm³/mol. The number of alkyl carbamates (subject to hydrolysis) is 1. The Labute approximate surface area is 241 Å². The number of aliphatic hydroxyl groups excluding tert-OH is 1. The number of fused-ring (bicyclic) bond motifs is 14. The Balaban J connectivity index is 1.89. The van der Waals surface area contributed by atoms with Gasteiger partial charge in [0.15, 0.2) is 6.10 Å². The van der Waals surface area contributed by atoms with E-state index in [1.54, 1.807) is 25.1 Å². The van der Waals surface area contributed by atoms with Gasteiger partial charge in [-0.2, -0.15) is 5.26 Å². The first-order valence-corrected chi connectivity index (χ1v) is 14.0. The Bertz CT molecular complexity index is 1200. The second-order valence-corrected chi connectivity index (χ2v) is 11.0. The molecule has 10 nitrogen and oxygen atoms in total. The molecule has 2 aromatic carbocycles. The van der Waals surface area contributed by atoms with Crippen LogP contribution in [0.15, 0.2) is 54.6 Å². The van der Waals surface area contributed by atoms with Crippen molar-refractivity contribution in [2.45, 2.75) is 83.2 Å². The van der Waals surface area contributed by atoms with Crippen LogP contribution in [-0.4, -0.2) is 53.3 Å². The molecule has 0 spiro atoms. The van der Waals surface area contributed by atoms with Gasteiger partial charge in [-0.25, -0.2) is 4.79 Å². The molecule has 4 N–H and O–H groups in total. The van der Waals surface area contributed by atoms with Crippen LogP contribution in [0.3, 0.4) is 0 Å². The minimum absolute atomic E-state index is 0.0252. The molecule has 2 aromatic rings. The lowest BCUT2D eigenvalue weighted by Crippen LogP contribution is -2.62. The summed E-state index contributed by atoms with van der Waals surface area (Å²) in [5.41, 5.74) is 0.0832. The van der Waals surface area contributed by atoms with Gasteiger partial charge in [-0.1, -0.05) is 56.3 Å². The summed E-state index contributed by atoms with van der Waals surface area (Å²) in [4.78, 5) is 40.1. The molecule has 10 heteroatoms. The lowest BCUT2D eigenvalue weighted by molar-refractivity contribution is -0.133. The molecule has 3 amide bonds. The van der Waals surface area contributed by atoms with Gasteiger partial charge in [-0.3, -0.25) is 9.59 Å². The van der Waals surface area contributed by atoms with E-state index in [9.17, 15) is 24.8 Å². The normalized spacial score (nSPS) is 22.8. The monoisotopic (exact) mass is 564 g/mol. The Morgan fingerprint density at radius 1 is 1.15 bits per heavy atom. The molecule has 4 atom stereocenters. The van der Waals surface area contributed by atoms with Crippen LogP contribution in [0.25, 0.3) is 0 Å². The lowest BCUT2D eigenvalue weighted by atomic mass is 9.90. The van der Waals surface area contributed by atoms with Gasteiger partial charge in [0, 0.05) is 6.42 Å². The lowest BCUT2D eigenvalue weighted by Gasteiger charge is -2.32. The number of ether oxygens (including phenoxy) is 2. The highest BCUT2D eigenvalue weighted by Gasteiger charge is 2.38. The predicted octanol–water partition coefficient (Wildman–Crippen LogP) is 3.38. The van der Waals surface area contributed by atoms with E-state index in [2.05, 4.69) is 16.0 Å². The Morgan fingerprint density at radius 3 is 2.51 bits per heavy atom. The number of rotatable bonds is 6. The third-order valence-electron chi connectivity index (χ3n) is 6.92. The summed E-state index contributed by atoms with van der Waals surface area (Å²) < 4.78 is 11.2. The smallest absolute Gasteiger partial charge is 0.408 e. The standard InChI is InChI=1S/C31H40N4O6/c1-21(2)17-26-28(37)33-25(27(36)19-32)11-7-8-16-40-24-14-12-22(13-15-24)18-31(3,29(38)34-26)35-30(39)41-20-23-9-5-4-6-10-23/h4-6,9-10,12-15,21,25-27,36H,7-8,11,16-18,20H2,1-3H3,(H,33,37)(H,34,38)(H,35,39)/t25-,26-,27?,31-/m0/s1. The van der Waals surface area contributed by atoms with Gasteiger partial charge in [0.1, 0.15) is 23.9 Å². The highest BCUT2D eigenvalue weighted by Crippen LogP contribution is 2.20. The number of hydrogen-bond acceptors (Lipinski definition) is 7. The van der Waals surface area contributed by atoms with E-state index in [0.717, 1.165) is 11.1 Å². The largest absolute Gasteiger partial charge is 0.494 e. The summed E-state index contributed by atoms with van der Waals surface area (Å²) in [6.07, 6.45) is -0.135. The van der Waals surface area contributed by atoms with Crippen molar-refractivity contribution in [2.24, 2.45) is 5.92 Å². The first-order chi connectivity index (χ1) is 19.6. The van der Waals surface area contributed by atoms with Crippen molar-refractivity contribution in [3.05, 3.63) is 65.7 Å². The minimum Gasteiger partial charge on any atom is -0.494 e. The first kappa shape index (κ1) is 31.4. The molecule has 41 heavy (non-hydrogen) atoms. The van der Waals surface area contributed by atoms with Gasteiger partial charge in [0.25, 0.3) is 0 Å². The summed E-state index contributed by atoms with van der Waals surface area (Å²) in [6, 6.07) is 16.5. The molecule has 2 aliphatic heterocycles. The zero-order chi connectivity index (χ0) is 29.8. The van der Waals surface area contributed by atoms with Crippen molar-refractivity contribution in [3.8, 4) is 11.8 Å². The molecule has 220 valence electrons. The van der Waals surface area contributed by atoms with Gasteiger partial charge < -0.3 is 30.5 Å². The molecule has 2 heterocycles. The van der Waals surface area contributed by atoms with Crippen LogP contribution < -0.4 is 20.7 Å². The second kappa shape index (κ2) is 15.1. The average molecular weight is 565 g/mol. The van der Waals surface area contributed by atoms with Gasteiger partial charge in [-0.15, -0.1) is 0 Å². The van der Waals surface area contributed by atoms with E-state index >= 15 is 0 Å². The quantitative estimate of drug-likeness (QED) is 0.393. The van der Waals surface area contributed by atoms with E-state index in [-0.39, 0.29) is 18.9 Å². The summed E-state index contributed by atoms with van der Waals surface area (Å²) in [5.74, 6) is -0.389. The number of amides is 3. The molecule has 0 radical (unpaired) electrons. The number of nitrogens with one attached hydrogen (secondary N) is 3. The Morgan fingerprint density at radius 2 is 1.85 bits per heavy atom. The SMILES string of the molecule is CC(C)C[C@@H]1NC(=O)[C@@](C)(NC(=O)OCc2ccccc2)Cc2ccc(cc2)OCCCC[C@@H](C(O)C#N)NC1=O. The van der Waals surface area contributed by atoms with Gasteiger partial charge >= 0.3 is 6.09 Å². The second-order valence-electron chi connectivity index (χ2n) is 11.0. The fourth-order valence-electron chi connectivity index (χ4n) is 4.64. The molecule has 4 rings (SSSR count). The highest BCUT2D eigenvalue weighted by molar-refractivity contribution is 5.94. The highest BCUT2D eigenvalue weighted by atomic mass is 16.5. The Kier molecular flexibility index (Phi) is 11.5. The van der Waals surface area contributed by atoms with E-state index in [4.69, 9.17) is 9.47 Å². The van der Waals surface area contributed by atoms with Gasteiger partial charge in [-0.05, 0) is 61.8 Å². The minimum atomic E-state index is -1.48. The van der Waals surface area contributed by atoms with Crippen LogP contribution in [-0.2, 0) is 27.4 Å². The van der Waals surface area contributed by atoms with Gasteiger partial charge in [0.05, 0.1) is 18.7 Å². The summed E-state index contributed by atoms with van der Waals surface area (Å²) in [7, 11) is 0. The van der Waals surface area contributed by atoms with E-state index in [1.807, 2.05) is 56.3 Å². The topological polar surface area (TPSA) is 150 Å². The summed E-state index contributed by atoms with van der Waals surface area (Å²) >= 11 is 0. The average Bonchev–Trinajstić information content (AvgIpc) is 2.95. The third-order valence-corrected chi connectivity index (χ3v) is 6.92. The molecule has 2 aliphatic rings. The molecule has 0 aromatic heterocycles. The van der Waals surface area contributed by atoms with Crippen LogP contribution in [0.2, 0.25) is 0 Å². The van der Waals surface area contributed by atoms with Crippen molar-refractivity contribution in [1.82, 2.24) is 16.0 Å². The van der Waals surface area contributed by atoms with Crippen molar-refractivity contribution in [1.29, 1.82) is 5.26 Å². The van der Waals surface area contributed by atoms with Crippen LogP contribution in [0, 0.1) is 17.2 Å². The fraction of sp³-hybridized carbons (Fsp3) is 0.484. The van der Waals surface area contributed by atoms with Crippen molar-refractivity contribution < 1.29 is 29.0 Å². The molecule has 0 saturated carbocycles. The molecule has 0 fully saturated rings. The molecule has 1 unspecified atom stereocenters. The molecule has 0 aliphatic carbocycles. The molecular formula is C31H40N4O6. The number of nitriles is 1. The zero-order valence-corrected chi connectivity index (χ0v) is 23.9. The summed E-state index contributed by atoms with van der Waals surface area (Å²) in [6.45, 7) is 5.87. The summed E-state index contributed by atoms with van der Waals surface area (Å²) in [5, 5.41) is 27.9. The van der Waals surface area contributed by atoms with Crippen LogP contribution in [0.4, 0.5) is 4.79 Å². The van der Waals surface area contributed by atoms with Crippen LogP contribution in [0.5, 0.6) is 5.75 Å². The van der Waals surface area contributed by atoms with Crippen LogP contribution >= 0.6 is 0 Å². The number of hydrogen-bond donors (Lipinski definition) is 4. The number of nitrogens with zero attached hydrogens (tertiary/aromatic N) is 1. The molecule has 2 bridgehead atoms. The van der Waals surface area contributed by atoms with Crippen LogP contribution in [0.1, 0.15) is 57.6 Å². The Hall–Kier alpha value is -4.10. The molecule has 0 saturated heterocycles. The van der Waals surface area contributed by atoms with E-state index in [0.29, 0.717) is 38.0 Å². The first-order valence-electron chi connectivity index (χ1n) is 14.0. The van der Waals surface area contributed by atoms with Crippen molar-refractivity contribution in [2.75, 3.05) is 6.61 Å². The van der Waals surface area contributed by atoms with Crippen molar-refractivity contribution >= 4 is 17.9 Å². The van der Waals surface area contributed by atoms with E-state index in [1.165, 1.54) is 0 Å². The number of aliphatic hydroxyl groups is 1. The van der Waals surface area contributed by atoms with Gasteiger partial charge in [0.2, 0.25) is 11.8 Å². The van der Waals surface area contributed by atoms with Crippen molar-refractivity contribution in [3.63, 3.8) is 0 Å². The zero-order valence-electron chi connectivity index (χ0n) is 23.9. The fourth-order valence-corrected chi connectivity index (χ4v) is 4.64. The number of benzene rings is 2.